The Balaban J connectivity index is 0.00000364. The summed E-state index contributed by atoms with van der Waals surface area (Å²) in [7, 11) is 0. The predicted octanol–water partition coefficient (Wildman–Crippen LogP) is 2.27. The van der Waals surface area contributed by atoms with Gasteiger partial charge in [0.2, 0.25) is 11.8 Å². The van der Waals surface area contributed by atoms with Crippen molar-refractivity contribution in [3.8, 4) is 0 Å². The molecular weight excluding hydrogens is 407 g/mol. The van der Waals surface area contributed by atoms with E-state index in [0.717, 1.165) is 0 Å². The van der Waals surface area contributed by atoms with Gasteiger partial charge in [-0.2, -0.15) is 0 Å². The molecule has 0 aromatic carbocycles. The molecule has 0 aromatic heterocycles. The van der Waals surface area contributed by atoms with Crippen LogP contribution in [0.3, 0.4) is 0 Å². The lowest BCUT2D eigenvalue weighted by molar-refractivity contribution is -0.118. The average molecular weight is 435 g/mol. The van der Waals surface area contributed by atoms with E-state index in [1.54, 1.807) is 41.5 Å². The van der Waals surface area contributed by atoms with Gasteiger partial charge in [0.15, 0.2) is 0 Å². The molecule has 0 fully saturated rings. The summed E-state index contributed by atoms with van der Waals surface area (Å²) in [5.41, 5.74) is 0.516. The molecule has 0 saturated carbocycles. The van der Waals surface area contributed by atoms with Crippen LogP contribution in [0.5, 0.6) is 0 Å². The number of amides is 2. The molecule has 2 heterocycles. The van der Waals surface area contributed by atoms with Crippen molar-refractivity contribution in [2.75, 3.05) is 13.1 Å². The van der Waals surface area contributed by atoms with Crippen molar-refractivity contribution in [1.82, 2.24) is 10.6 Å². The van der Waals surface area contributed by atoms with Crippen molar-refractivity contribution in [3.05, 3.63) is 22.3 Å². The van der Waals surface area contributed by atoms with E-state index in [1.165, 1.54) is 0 Å². The Bertz CT molecular complexity index is 706. The maximum atomic E-state index is 12.3. The standard InChI is InChI=1S/C18H26N4O4.2ClH/c1-9-11(13(19)25-17(9,3)4)15(23)21-7-8-22-16(24)12-10(2)18(5,6)26-14(12)20;;/h19-20H,7-8H2,1-6H3,(H,21,23)(H,22,24);2*1H. The number of halogens is 2. The lowest BCUT2D eigenvalue weighted by Gasteiger charge is -2.18. The second kappa shape index (κ2) is 8.96. The van der Waals surface area contributed by atoms with Gasteiger partial charge in [-0.05, 0) is 52.7 Å². The summed E-state index contributed by atoms with van der Waals surface area (Å²) in [4.78, 5) is 24.6. The van der Waals surface area contributed by atoms with Gasteiger partial charge in [-0.1, -0.05) is 0 Å². The molecule has 158 valence electrons. The largest absolute Gasteiger partial charge is 0.467 e. The van der Waals surface area contributed by atoms with Crippen LogP contribution in [0, 0.1) is 10.8 Å². The van der Waals surface area contributed by atoms with E-state index in [2.05, 4.69) is 10.6 Å². The summed E-state index contributed by atoms with van der Waals surface area (Å²) in [6.45, 7) is 11.1. The van der Waals surface area contributed by atoms with Crippen LogP contribution in [0.15, 0.2) is 22.3 Å². The highest BCUT2D eigenvalue weighted by molar-refractivity contribution is 6.20. The lowest BCUT2D eigenvalue weighted by Crippen LogP contribution is -2.37. The third kappa shape index (κ3) is 4.86. The number of carbonyl (C=O) groups is 2. The highest BCUT2D eigenvalue weighted by Gasteiger charge is 2.39. The Morgan fingerprint density at radius 3 is 1.29 bits per heavy atom. The van der Waals surface area contributed by atoms with Gasteiger partial charge in [-0.15, -0.1) is 24.8 Å². The highest BCUT2D eigenvalue weighted by Crippen LogP contribution is 2.32. The molecule has 0 unspecified atom stereocenters. The third-order valence-electron chi connectivity index (χ3n) is 4.87. The Morgan fingerprint density at radius 2 is 1.07 bits per heavy atom. The van der Waals surface area contributed by atoms with Crippen molar-refractivity contribution in [3.63, 3.8) is 0 Å². The van der Waals surface area contributed by atoms with E-state index in [4.69, 9.17) is 20.3 Å². The zero-order chi connectivity index (χ0) is 19.9. The monoisotopic (exact) mass is 434 g/mol. The second-order valence-electron chi connectivity index (χ2n) is 7.39. The summed E-state index contributed by atoms with van der Waals surface area (Å²) in [6.07, 6.45) is 0. The molecule has 0 saturated heterocycles. The molecule has 8 nitrogen and oxygen atoms in total. The quantitative estimate of drug-likeness (QED) is 0.495. The van der Waals surface area contributed by atoms with Crippen molar-refractivity contribution >= 4 is 48.4 Å². The maximum absolute atomic E-state index is 12.3. The van der Waals surface area contributed by atoms with Crippen LogP contribution < -0.4 is 10.6 Å². The molecule has 0 atom stereocenters. The summed E-state index contributed by atoms with van der Waals surface area (Å²) in [5.74, 6) is -1.09. The molecule has 2 rings (SSSR count). The fourth-order valence-electron chi connectivity index (χ4n) is 2.78. The summed E-state index contributed by atoms with van der Waals surface area (Å²) < 4.78 is 10.8. The van der Waals surface area contributed by atoms with E-state index in [9.17, 15) is 9.59 Å². The smallest absolute Gasteiger partial charge is 0.256 e. The first kappa shape index (κ1) is 25.9. The summed E-state index contributed by atoms with van der Waals surface area (Å²) in [6, 6.07) is 0. The molecule has 2 amide bonds. The zero-order valence-corrected chi connectivity index (χ0v) is 18.5. The molecule has 0 bridgehead atoms. The van der Waals surface area contributed by atoms with Crippen LogP contribution in [-0.2, 0) is 19.1 Å². The third-order valence-corrected chi connectivity index (χ3v) is 4.87. The maximum Gasteiger partial charge on any atom is 0.256 e. The van der Waals surface area contributed by atoms with E-state index >= 15 is 0 Å². The van der Waals surface area contributed by atoms with Gasteiger partial charge in [0, 0.05) is 13.1 Å². The zero-order valence-electron chi connectivity index (χ0n) is 16.9. The molecular formula is C18H28Cl2N4O4. The van der Waals surface area contributed by atoms with Crippen LogP contribution in [-0.4, -0.2) is 47.9 Å². The molecule has 2 aliphatic rings. The van der Waals surface area contributed by atoms with Gasteiger partial charge in [0.25, 0.3) is 11.8 Å². The van der Waals surface area contributed by atoms with Gasteiger partial charge in [0.05, 0.1) is 0 Å². The van der Waals surface area contributed by atoms with Gasteiger partial charge in [0.1, 0.15) is 22.3 Å². The van der Waals surface area contributed by atoms with Gasteiger partial charge >= 0.3 is 0 Å². The van der Waals surface area contributed by atoms with Crippen LogP contribution in [0.1, 0.15) is 41.5 Å². The Hall–Kier alpha value is -2.06. The van der Waals surface area contributed by atoms with E-state index in [0.29, 0.717) is 11.1 Å². The van der Waals surface area contributed by atoms with Crippen LogP contribution in [0.4, 0.5) is 0 Å². The molecule has 0 aliphatic carbocycles. The number of hydrogen-bond donors (Lipinski definition) is 4. The van der Waals surface area contributed by atoms with Crippen molar-refractivity contribution in [1.29, 1.82) is 10.8 Å². The minimum Gasteiger partial charge on any atom is -0.467 e. The Labute approximate surface area is 177 Å². The van der Waals surface area contributed by atoms with Crippen molar-refractivity contribution < 1.29 is 19.1 Å². The number of nitrogens with one attached hydrogen (secondary N) is 4. The van der Waals surface area contributed by atoms with Crippen LogP contribution in [0.25, 0.3) is 0 Å². The fraction of sp³-hybridized carbons (Fsp3) is 0.556. The normalized spacial score (nSPS) is 19.4. The molecule has 0 aromatic rings. The van der Waals surface area contributed by atoms with Crippen molar-refractivity contribution in [2.24, 2.45) is 0 Å². The summed E-state index contributed by atoms with van der Waals surface area (Å²) >= 11 is 0. The first-order chi connectivity index (χ1) is 11.9. The van der Waals surface area contributed by atoms with Gasteiger partial charge in [-0.25, -0.2) is 0 Å². The Morgan fingerprint density at radius 1 is 0.786 bits per heavy atom. The highest BCUT2D eigenvalue weighted by atomic mass is 35.5. The average Bonchev–Trinajstić information content (AvgIpc) is 2.83. The molecule has 2 aliphatic heterocycles. The lowest BCUT2D eigenvalue weighted by atomic mass is 9.97. The molecule has 0 spiro atoms. The van der Waals surface area contributed by atoms with Gasteiger partial charge < -0.3 is 20.1 Å². The van der Waals surface area contributed by atoms with E-state index in [-0.39, 0.29) is 60.8 Å². The number of rotatable bonds is 5. The first-order valence-corrected chi connectivity index (χ1v) is 8.43. The summed E-state index contributed by atoms with van der Waals surface area (Å²) in [5, 5.41) is 21.0. The number of carbonyl (C=O) groups excluding carboxylic acids is 2. The van der Waals surface area contributed by atoms with E-state index in [1.807, 2.05) is 0 Å². The van der Waals surface area contributed by atoms with Crippen molar-refractivity contribution in [2.45, 2.75) is 52.7 Å². The SMILES string of the molecule is CC1=C(C(=O)NCCNC(=O)C2=C(C)C(C)(C)OC2=N)C(=N)OC1(C)C.Cl.Cl. The number of hydrogen-bond acceptors (Lipinski definition) is 6. The van der Waals surface area contributed by atoms with Gasteiger partial charge in [-0.3, -0.25) is 20.4 Å². The van der Waals surface area contributed by atoms with Crippen LogP contribution >= 0.6 is 24.8 Å². The molecule has 28 heavy (non-hydrogen) atoms. The van der Waals surface area contributed by atoms with E-state index < -0.39 is 23.0 Å². The minimum absolute atomic E-state index is 0. The second-order valence-corrected chi connectivity index (χ2v) is 7.39. The number of ether oxygens (including phenoxy) is 2. The molecule has 4 N–H and O–H groups in total. The minimum atomic E-state index is -0.669. The molecule has 0 radical (unpaired) electrons. The molecule has 10 heteroatoms. The topological polar surface area (TPSA) is 124 Å². The fourth-order valence-corrected chi connectivity index (χ4v) is 2.78. The van der Waals surface area contributed by atoms with Crippen LogP contribution in [0.2, 0.25) is 0 Å². The first-order valence-electron chi connectivity index (χ1n) is 8.43. The Kier molecular flexibility index (Phi) is 8.30. The predicted molar refractivity (Wildman–Crippen MR) is 112 cm³/mol.